The van der Waals surface area contributed by atoms with Gasteiger partial charge in [-0.1, -0.05) is 0 Å². The molecule has 0 saturated carbocycles. The molecule has 0 spiro atoms. The Bertz CT molecular complexity index is 118. The lowest BCUT2D eigenvalue weighted by molar-refractivity contribution is 0.102. The summed E-state index contributed by atoms with van der Waals surface area (Å²) in [4.78, 5) is 2.23. The van der Waals surface area contributed by atoms with Gasteiger partial charge in [-0.2, -0.15) is 0 Å². The molecule has 0 radical (unpaired) electrons. The average Bonchev–Trinajstić information content (AvgIpc) is 1.88. The Labute approximate surface area is 62.0 Å². The summed E-state index contributed by atoms with van der Waals surface area (Å²) in [5, 5.41) is 12.3. The second kappa shape index (κ2) is 2.86. The fourth-order valence-electron chi connectivity index (χ4n) is 1.39. The van der Waals surface area contributed by atoms with Crippen molar-refractivity contribution >= 4 is 0 Å². The number of aliphatic hydroxyl groups is 1. The van der Waals surface area contributed by atoms with Crippen molar-refractivity contribution in [1.29, 1.82) is 0 Å². The van der Waals surface area contributed by atoms with Gasteiger partial charge in [-0.3, -0.25) is 0 Å². The van der Waals surface area contributed by atoms with Crippen molar-refractivity contribution in [3.63, 3.8) is 0 Å². The van der Waals surface area contributed by atoms with Gasteiger partial charge in [0.1, 0.15) is 0 Å². The monoisotopic (exact) mass is 144 g/mol. The van der Waals surface area contributed by atoms with Crippen molar-refractivity contribution in [1.82, 2.24) is 10.2 Å². The van der Waals surface area contributed by atoms with Crippen molar-refractivity contribution in [2.45, 2.75) is 12.5 Å². The van der Waals surface area contributed by atoms with Crippen molar-refractivity contribution < 1.29 is 5.11 Å². The molecular formula is C7H16N2O. The summed E-state index contributed by atoms with van der Waals surface area (Å²) in [5.74, 6) is 0. The van der Waals surface area contributed by atoms with Crippen LogP contribution in [0.1, 0.15) is 6.92 Å². The SMILES string of the molecule is CN1CCNC(C)(CO)C1. The molecule has 3 heteroatoms. The number of piperazine rings is 1. The molecule has 0 bridgehead atoms. The summed E-state index contributed by atoms with van der Waals surface area (Å²) in [5.41, 5.74) is -0.0764. The third kappa shape index (κ3) is 1.68. The van der Waals surface area contributed by atoms with Gasteiger partial charge in [-0.05, 0) is 14.0 Å². The van der Waals surface area contributed by atoms with E-state index >= 15 is 0 Å². The van der Waals surface area contributed by atoms with E-state index in [9.17, 15) is 0 Å². The van der Waals surface area contributed by atoms with Gasteiger partial charge < -0.3 is 15.3 Å². The number of aliphatic hydroxyl groups excluding tert-OH is 1. The molecule has 0 aromatic rings. The number of rotatable bonds is 1. The van der Waals surface area contributed by atoms with E-state index in [1.54, 1.807) is 0 Å². The van der Waals surface area contributed by atoms with Gasteiger partial charge in [0.2, 0.25) is 0 Å². The summed E-state index contributed by atoms with van der Waals surface area (Å²) >= 11 is 0. The maximum atomic E-state index is 8.98. The normalized spacial score (nSPS) is 36.3. The number of nitrogens with one attached hydrogen (secondary N) is 1. The van der Waals surface area contributed by atoms with Gasteiger partial charge in [0.15, 0.2) is 0 Å². The van der Waals surface area contributed by atoms with Crippen LogP contribution in [0.2, 0.25) is 0 Å². The van der Waals surface area contributed by atoms with Crippen LogP contribution in [0.5, 0.6) is 0 Å². The molecule has 0 aromatic heterocycles. The van der Waals surface area contributed by atoms with Crippen LogP contribution in [0.3, 0.4) is 0 Å². The summed E-state index contributed by atoms with van der Waals surface area (Å²) in [7, 11) is 2.08. The van der Waals surface area contributed by atoms with Gasteiger partial charge in [0.25, 0.3) is 0 Å². The van der Waals surface area contributed by atoms with Crippen LogP contribution < -0.4 is 5.32 Å². The van der Waals surface area contributed by atoms with E-state index in [1.807, 2.05) is 6.92 Å². The molecular weight excluding hydrogens is 128 g/mol. The first kappa shape index (κ1) is 7.98. The molecule has 0 aromatic carbocycles. The Kier molecular flexibility index (Phi) is 2.28. The molecule has 1 unspecified atom stereocenters. The van der Waals surface area contributed by atoms with E-state index in [2.05, 4.69) is 17.3 Å². The number of hydrogen-bond donors (Lipinski definition) is 2. The Morgan fingerprint density at radius 2 is 2.40 bits per heavy atom. The van der Waals surface area contributed by atoms with Gasteiger partial charge in [-0.25, -0.2) is 0 Å². The lowest BCUT2D eigenvalue weighted by atomic mass is 10.0. The van der Waals surface area contributed by atoms with Gasteiger partial charge in [0, 0.05) is 19.6 Å². The maximum Gasteiger partial charge on any atom is 0.0623 e. The number of nitrogens with zero attached hydrogens (tertiary/aromatic N) is 1. The number of likely N-dealkylation sites (N-methyl/N-ethyl adjacent to an activating group) is 1. The van der Waals surface area contributed by atoms with Crippen LogP contribution in [-0.4, -0.2) is 48.8 Å². The largest absolute Gasteiger partial charge is 0.394 e. The molecule has 1 fully saturated rings. The van der Waals surface area contributed by atoms with E-state index in [1.165, 1.54) is 0 Å². The molecule has 10 heavy (non-hydrogen) atoms. The molecule has 2 N–H and O–H groups in total. The fourth-order valence-corrected chi connectivity index (χ4v) is 1.39. The summed E-state index contributed by atoms with van der Waals surface area (Å²) in [6.07, 6.45) is 0. The topological polar surface area (TPSA) is 35.5 Å². The summed E-state index contributed by atoms with van der Waals surface area (Å²) in [6.45, 7) is 5.26. The lowest BCUT2D eigenvalue weighted by Gasteiger charge is -2.38. The molecule has 0 aliphatic carbocycles. The highest BCUT2D eigenvalue weighted by Gasteiger charge is 2.27. The minimum atomic E-state index is -0.0764. The van der Waals surface area contributed by atoms with Crippen molar-refractivity contribution in [3.8, 4) is 0 Å². The molecule has 3 nitrogen and oxygen atoms in total. The van der Waals surface area contributed by atoms with Crippen LogP contribution in [0.25, 0.3) is 0 Å². The van der Waals surface area contributed by atoms with Crippen LogP contribution in [-0.2, 0) is 0 Å². The zero-order valence-corrected chi connectivity index (χ0v) is 6.72. The standard InChI is InChI=1S/C7H16N2O/c1-7(6-10)5-9(2)4-3-8-7/h8,10H,3-6H2,1-2H3. The summed E-state index contributed by atoms with van der Waals surface area (Å²) in [6, 6.07) is 0. The summed E-state index contributed by atoms with van der Waals surface area (Å²) < 4.78 is 0. The van der Waals surface area contributed by atoms with E-state index in [-0.39, 0.29) is 12.1 Å². The molecule has 1 aliphatic heterocycles. The third-order valence-electron chi connectivity index (χ3n) is 2.01. The predicted molar refractivity (Wildman–Crippen MR) is 41.0 cm³/mol. The minimum Gasteiger partial charge on any atom is -0.394 e. The second-order valence-corrected chi connectivity index (χ2v) is 3.38. The Balaban J connectivity index is 2.45. The first-order chi connectivity index (χ1) is 4.66. The van der Waals surface area contributed by atoms with Crippen molar-refractivity contribution in [2.75, 3.05) is 33.3 Å². The van der Waals surface area contributed by atoms with E-state index in [0.29, 0.717) is 0 Å². The Hall–Kier alpha value is -0.120. The van der Waals surface area contributed by atoms with Crippen LogP contribution in [0.15, 0.2) is 0 Å². The van der Waals surface area contributed by atoms with E-state index in [0.717, 1.165) is 19.6 Å². The second-order valence-electron chi connectivity index (χ2n) is 3.38. The van der Waals surface area contributed by atoms with E-state index < -0.39 is 0 Å². The molecule has 1 rings (SSSR count). The zero-order chi connectivity index (χ0) is 7.61. The predicted octanol–water partition coefficient (Wildman–Crippen LogP) is -0.728. The first-order valence-electron chi connectivity index (χ1n) is 3.71. The Morgan fingerprint density at radius 3 is 2.80 bits per heavy atom. The molecule has 1 saturated heterocycles. The Morgan fingerprint density at radius 1 is 1.70 bits per heavy atom. The molecule has 1 atom stereocenters. The zero-order valence-electron chi connectivity index (χ0n) is 6.72. The van der Waals surface area contributed by atoms with Gasteiger partial charge in [0.05, 0.1) is 12.1 Å². The maximum absolute atomic E-state index is 8.98. The highest BCUT2D eigenvalue weighted by Crippen LogP contribution is 2.07. The highest BCUT2D eigenvalue weighted by molar-refractivity contribution is 4.88. The highest BCUT2D eigenvalue weighted by atomic mass is 16.3. The quantitative estimate of drug-likeness (QED) is 0.509. The van der Waals surface area contributed by atoms with Crippen LogP contribution in [0.4, 0.5) is 0 Å². The van der Waals surface area contributed by atoms with Crippen molar-refractivity contribution in [3.05, 3.63) is 0 Å². The molecule has 0 amide bonds. The minimum absolute atomic E-state index is 0.0764. The van der Waals surface area contributed by atoms with Crippen LogP contribution in [0, 0.1) is 0 Å². The average molecular weight is 144 g/mol. The third-order valence-corrected chi connectivity index (χ3v) is 2.01. The fraction of sp³-hybridized carbons (Fsp3) is 1.00. The van der Waals surface area contributed by atoms with Crippen LogP contribution >= 0.6 is 0 Å². The smallest absolute Gasteiger partial charge is 0.0623 e. The lowest BCUT2D eigenvalue weighted by Crippen LogP contribution is -2.59. The van der Waals surface area contributed by atoms with E-state index in [4.69, 9.17) is 5.11 Å². The van der Waals surface area contributed by atoms with Gasteiger partial charge >= 0.3 is 0 Å². The first-order valence-corrected chi connectivity index (χ1v) is 3.71. The van der Waals surface area contributed by atoms with Gasteiger partial charge in [-0.15, -0.1) is 0 Å². The number of hydrogen-bond acceptors (Lipinski definition) is 3. The van der Waals surface area contributed by atoms with Crippen molar-refractivity contribution in [2.24, 2.45) is 0 Å². The molecule has 1 heterocycles. The molecule has 1 aliphatic rings. The molecule has 60 valence electrons.